The van der Waals surface area contributed by atoms with Gasteiger partial charge in [-0.3, -0.25) is 0 Å². The van der Waals surface area contributed by atoms with Gasteiger partial charge in [-0.1, -0.05) is 37.3 Å². The lowest BCUT2D eigenvalue weighted by Crippen LogP contribution is -2.39. The minimum absolute atomic E-state index is 0.580. The van der Waals surface area contributed by atoms with Crippen molar-refractivity contribution in [1.29, 1.82) is 0 Å². The number of hydrogen-bond donors (Lipinski definition) is 1. The van der Waals surface area contributed by atoms with Crippen LogP contribution in [0, 0.1) is 0 Å². The first-order valence-corrected chi connectivity index (χ1v) is 9.77. The molecule has 0 aliphatic carbocycles. The van der Waals surface area contributed by atoms with Crippen LogP contribution in [-0.2, 0) is 0 Å². The predicted octanol–water partition coefficient (Wildman–Crippen LogP) is 3.89. The van der Waals surface area contributed by atoms with E-state index in [-0.39, 0.29) is 0 Å². The first-order chi connectivity index (χ1) is 12.7. The normalized spacial score (nSPS) is 17.5. The molecule has 1 aliphatic rings. The van der Waals surface area contributed by atoms with Crippen LogP contribution in [0.25, 0.3) is 11.4 Å². The number of hydrogen-bond acceptors (Lipinski definition) is 5. The van der Waals surface area contributed by atoms with Gasteiger partial charge in [-0.05, 0) is 39.8 Å². The quantitative estimate of drug-likeness (QED) is 0.818. The van der Waals surface area contributed by atoms with Crippen molar-refractivity contribution >= 4 is 11.6 Å². The van der Waals surface area contributed by atoms with Crippen LogP contribution in [0.2, 0.25) is 0 Å². The van der Waals surface area contributed by atoms with Crippen molar-refractivity contribution in [3.8, 4) is 11.4 Å². The number of anilines is 2. The molecule has 0 amide bonds. The molecule has 1 fully saturated rings. The van der Waals surface area contributed by atoms with E-state index in [0.29, 0.717) is 6.04 Å². The van der Waals surface area contributed by atoms with Crippen LogP contribution in [0.1, 0.15) is 32.6 Å². The summed E-state index contributed by atoms with van der Waals surface area (Å²) >= 11 is 0. The lowest BCUT2D eigenvalue weighted by Gasteiger charge is -2.36. The molecule has 1 N–H and O–H groups in total. The zero-order valence-electron chi connectivity index (χ0n) is 16.3. The van der Waals surface area contributed by atoms with Crippen molar-refractivity contribution in [2.24, 2.45) is 0 Å². The molecular weight excluding hydrogens is 322 g/mol. The number of rotatable bonds is 7. The van der Waals surface area contributed by atoms with E-state index in [0.717, 1.165) is 49.1 Å². The minimum atomic E-state index is 0.580. The fourth-order valence-corrected chi connectivity index (χ4v) is 3.52. The number of benzene rings is 1. The molecule has 1 aromatic carbocycles. The second-order valence-corrected chi connectivity index (χ2v) is 7.28. The molecule has 5 nitrogen and oxygen atoms in total. The molecule has 1 unspecified atom stereocenters. The zero-order chi connectivity index (χ0) is 18.4. The van der Waals surface area contributed by atoms with Crippen LogP contribution in [0.15, 0.2) is 36.4 Å². The Morgan fingerprint density at radius 2 is 1.96 bits per heavy atom. The van der Waals surface area contributed by atoms with Gasteiger partial charge in [0.15, 0.2) is 5.82 Å². The van der Waals surface area contributed by atoms with Crippen LogP contribution in [0.4, 0.5) is 11.6 Å². The number of aromatic nitrogens is 2. The molecule has 0 spiro atoms. The summed E-state index contributed by atoms with van der Waals surface area (Å²) in [6, 6.07) is 13.0. The van der Waals surface area contributed by atoms with Gasteiger partial charge in [0.1, 0.15) is 11.6 Å². The van der Waals surface area contributed by atoms with Crippen LogP contribution < -0.4 is 10.2 Å². The Morgan fingerprint density at radius 3 is 2.69 bits per heavy atom. The largest absolute Gasteiger partial charge is 0.369 e. The number of likely N-dealkylation sites (N-methyl/N-ethyl adjacent to an activating group) is 1. The fraction of sp³-hybridized carbons (Fsp3) is 0.524. The Hall–Kier alpha value is -2.14. The highest BCUT2D eigenvalue weighted by atomic mass is 15.2. The Morgan fingerprint density at radius 1 is 1.15 bits per heavy atom. The first-order valence-electron chi connectivity index (χ1n) is 9.77. The van der Waals surface area contributed by atoms with E-state index in [2.05, 4.69) is 54.3 Å². The lowest BCUT2D eigenvalue weighted by atomic mass is 10.00. The third kappa shape index (κ3) is 4.73. The van der Waals surface area contributed by atoms with Crippen LogP contribution in [0.5, 0.6) is 0 Å². The van der Waals surface area contributed by atoms with E-state index in [1.807, 2.05) is 18.2 Å². The summed E-state index contributed by atoms with van der Waals surface area (Å²) in [4.78, 5) is 14.4. The zero-order valence-corrected chi connectivity index (χ0v) is 16.3. The van der Waals surface area contributed by atoms with E-state index in [9.17, 15) is 0 Å². The lowest BCUT2D eigenvalue weighted by molar-refractivity contribution is 0.425. The van der Waals surface area contributed by atoms with Gasteiger partial charge in [0.25, 0.3) is 0 Å². The smallest absolute Gasteiger partial charge is 0.163 e. The summed E-state index contributed by atoms with van der Waals surface area (Å²) in [5, 5.41) is 3.48. The van der Waals surface area contributed by atoms with Crippen molar-refractivity contribution in [3.63, 3.8) is 0 Å². The average Bonchev–Trinajstić information content (AvgIpc) is 2.68. The Kier molecular flexibility index (Phi) is 6.45. The highest BCUT2D eigenvalue weighted by molar-refractivity contribution is 5.62. The van der Waals surface area contributed by atoms with E-state index in [1.54, 1.807) is 0 Å². The predicted molar refractivity (Wildman–Crippen MR) is 110 cm³/mol. The second kappa shape index (κ2) is 8.99. The maximum absolute atomic E-state index is 4.93. The van der Waals surface area contributed by atoms with Gasteiger partial charge in [-0.25, -0.2) is 9.97 Å². The molecule has 1 atom stereocenters. The van der Waals surface area contributed by atoms with Crippen LogP contribution in [0.3, 0.4) is 0 Å². The second-order valence-electron chi connectivity index (χ2n) is 7.28. The van der Waals surface area contributed by atoms with Crippen molar-refractivity contribution in [2.45, 2.75) is 38.6 Å². The summed E-state index contributed by atoms with van der Waals surface area (Å²) in [7, 11) is 4.17. The molecular formula is C21H31N5. The molecule has 1 saturated heterocycles. The Balaban J connectivity index is 1.91. The molecule has 1 aromatic heterocycles. The standard InChI is InChI=1S/C21H31N5/c1-4-18-12-8-9-14-26(18)20-16-19(22-13-15-25(2)3)23-21(24-20)17-10-6-5-7-11-17/h5-7,10-11,16,18H,4,8-9,12-15H2,1-3H3,(H,22,23,24). The Bertz CT molecular complexity index is 686. The molecule has 0 radical (unpaired) electrons. The minimum Gasteiger partial charge on any atom is -0.369 e. The molecule has 140 valence electrons. The highest BCUT2D eigenvalue weighted by Gasteiger charge is 2.23. The van der Waals surface area contributed by atoms with E-state index < -0.39 is 0 Å². The summed E-state index contributed by atoms with van der Waals surface area (Å²) in [5.41, 5.74) is 1.06. The molecule has 2 aromatic rings. The van der Waals surface area contributed by atoms with Gasteiger partial charge in [-0.15, -0.1) is 0 Å². The van der Waals surface area contributed by atoms with Gasteiger partial charge in [0.05, 0.1) is 0 Å². The molecule has 2 heterocycles. The third-order valence-corrected chi connectivity index (χ3v) is 5.00. The topological polar surface area (TPSA) is 44.3 Å². The van der Waals surface area contributed by atoms with Gasteiger partial charge in [0, 0.05) is 37.3 Å². The van der Waals surface area contributed by atoms with E-state index in [1.165, 1.54) is 19.3 Å². The molecule has 5 heteroatoms. The van der Waals surface area contributed by atoms with Crippen molar-refractivity contribution in [3.05, 3.63) is 36.4 Å². The number of nitrogens with zero attached hydrogens (tertiary/aromatic N) is 4. The molecule has 26 heavy (non-hydrogen) atoms. The summed E-state index contributed by atoms with van der Waals surface area (Å²) < 4.78 is 0. The van der Waals surface area contributed by atoms with Crippen molar-refractivity contribution in [1.82, 2.24) is 14.9 Å². The third-order valence-electron chi connectivity index (χ3n) is 5.00. The molecule has 0 bridgehead atoms. The molecule has 3 rings (SSSR count). The number of nitrogens with one attached hydrogen (secondary N) is 1. The first kappa shape index (κ1) is 18.6. The highest BCUT2D eigenvalue weighted by Crippen LogP contribution is 2.28. The number of piperidine rings is 1. The molecule has 0 saturated carbocycles. The van der Waals surface area contributed by atoms with Crippen molar-refractivity contribution < 1.29 is 0 Å². The van der Waals surface area contributed by atoms with Crippen LogP contribution >= 0.6 is 0 Å². The summed E-state index contributed by atoms with van der Waals surface area (Å²) in [6.45, 7) is 5.20. The summed E-state index contributed by atoms with van der Waals surface area (Å²) in [6.07, 6.45) is 4.97. The Labute approximate surface area is 157 Å². The summed E-state index contributed by atoms with van der Waals surface area (Å²) in [5.74, 6) is 2.77. The monoisotopic (exact) mass is 353 g/mol. The van der Waals surface area contributed by atoms with E-state index >= 15 is 0 Å². The maximum atomic E-state index is 4.93. The maximum Gasteiger partial charge on any atom is 0.163 e. The van der Waals surface area contributed by atoms with Crippen LogP contribution in [-0.4, -0.2) is 54.6 Å². The molecule has 1 aliphatic heterocycles. The average molecular weight is 354 g/mol. The SMILES string of the molecule is CCC1CCCCN1c1cc(NCCN(C)C)nc(-c2ccccc2)n1. The van der Waals surface area contributed by atoms with Gasteiger partial charge in [-0.2, -0.15) is 0 Å². The van der Waals surface area contributed by atoms with Crippen molar-refractivity contribution in [2.75, 3.05) is 43.9 Å². The van der Waals surface area contributed by atoms with Gasteiger partial charge >= 0.3 is 0 Å². The fourth-order valence-electron chi connectivity index (χ4n) is 3.52. The van der Waals surface area contributed by atoms with Gasteiger partial charge < -0.3 is 15.1 Å². The van der Waals surface area contributed by atoms with E-state index in [4.69, 9.17) is 9.97 Å². The van der Waals surface area contributed by atoms with Gasteiger partial charge in [0.2, 0.25) is 0 Å².